The molecular weight excluding hydrogens is 323 g/mol. The van der Waals surface area contributed by atoms with Gasteiger partial charge in [-0.25, -0.2) is 9.97 Å². The zero-order chi connectivity index (χ0) is 17.2. The molecule has 3 rings (SSSR count). The van der Waals surface area contributed by atoms with Crippen molar-refractivity contribution in [2.24, 2.45) is 0 Å². The van der Waals surface area contributed by atoms with E-state index in [0.717, 1.165) is 6.07 Å². The van der Waals surface area contributed by atoms with Crippen LogP contribution in [0.25, 0.3) is 11.4 Å². The maximum Gasteiger partial charge on any atom is 0.433 e. The molecule has 6 nitrogen and oxygen atoms in total. The Balaban J connectivity index is 2.03. The molecule has 0 bridgehead atoms. The van der Waals surface area contributed by atoms with E-state index in [1.54, 1.807) is 17.0 Å². The van der Waals surface area contributed by atoms with Crippen molar-refractivity contribution in [2.75, 3.05) is 24.5 Å². The minimum atomic E-state index is -4.58. The van der Waals surface area contributed by atoms with Gasteiger partial charge in [0, 0.05) is 50.1 Å². The second-order valence-electron chi connectivity index (χ2n) is 5.26. The van der Waals surface area contributed by atoms with Crippen molar-refractivity contribution >= 4 is 11.7 Å². The largest absolute Gasteiger partial charge is 0.433 e. The summed E-state index contributed by atoms with van der Waals surface area (Å²) in [5.41, 5.74) is -0.566. The molecule has 0 aromatic carbocycles. The zero-order valence-corrected chi connectivity index (χ0v) is 12.5. The van der Waals surface area contributed by atoms with Crippen LogP contribution in [-0.4, -0.2) is 40.5 Å². The van der Waals surface area contributed by atoms with Crippen LogP contribution < -0.4 is 10.2 Å². The Bertz CT molecular complexity index is 736. The second-order valence-corrected chi connectivity index (χ2v) is 5.26. The van der Waals surface area contributed by atoms with E-state index in [2.05, 4.69) is 20.3 Å². The van der Waals surface area contributed by atoms with Crippen LogP contribution in [-0.2, 0) is 11.0 Å². The van der Waals surface area contributed by atoms with Gasteiger partial charge in [0.05, 0.1) is 0 Å². The lowest BCUT2D eigenvalue weighted by atomic mass is 10.2. The number of amides is 1. The van der Waals surface area contributed by atoms with E-state index < -0.39 is 11.9 Å². The van der Waals surface area contributed by atoms with Crippen LogP contribution in [0.5, 0.6) is 0 Å². The summed E-state index contributed by atoms with van der Waals surface area (Å²) in [5.74, 6) is 0.00310. The number of aromatic nitrogens is 3. The molecule has 0 saturated carbocycles. The Kier molecular flexibility index (Phi) is 4.32. The third kappa shape index (κ3) is 3.61. The fraction of sp³-hybridized carbons (Fsp3) is 0.333. The van der Waals surface area contributed by atoms with Crippen molar-refractivity contribution in [1.29, 1.82) is 0 Å². The molecule has 1 aliphatic heterocycles. The van der Waals surface area contributed by atoms with Gasteiger partial charge in [-0.1, -0.05) is 0 Å². The highest BCUT2D eigenvalue weighted by molar-refractivity contribution is 5.77. The van der Waals surface area contributed by atoms with Crippen LogP contribution in [0.1, 0.15) is 12.1 Å². The molecule has 9 heteroatoms. The Morgan fingerprint density at radius 1 is 1.12 bits per heavy atom. The maximum atomic E-state index is 13.2. The van der Waals surface area contributed by atoms with Gasteiger partial charge in [0.15, 0.2) is 11.5 Å². The minimum absolute atomic E-state index is 0.0224. The number of nitrogens with zero attached hydrogens (tertiary/aromatic N) is 4. The second kappa shape index (κ2) is 6.42. The van der Waals surface area contributed by atoms with Gasteiger partial charge in [0.2, 0.25) is 5.91 Å². The Morgan fingerprint density at radius 2 is 1.88 bits per heavy atom. The number of anilines is 1. The predicted octanol–water partition coefficient (Wildman–Crippen LogP) is 1.88. The van der Waals surface area contributed by atoms with Crippen LogP contribution in [0.3, 0.4) is 0 Å². The zero-order valence-electron chi connectivity index (χ0n) is 12.5. The molecule has 1 amide bonds. The highest BCUT2D eigenvalue weighted by Gasteiger charge is 2.34. The van der Waals surface area contributed by atoms with Gasteiger partial charge in [0.1, 0.15) is 5.82 Å². The van der Waals surface area contributed by atoms with Gasteiger partial charge in [-0.3, -0.25) is 9.78 Å². The maximum absolute atomic E-state index is 13.2. The summed E-state index contributed by atoms with van der Waals surface area (Å²) in [5, 5.41) is 2.68. The molecule has 2 aromatic heterocycles. The molecule has 0 radical (unpaired) electrons. The van der Waals surface area contributed by atoms with E-state index in [-0.39, 0.29) is 24.0 Å². The van der Waals surface area contributed by atoms with Crippen LogP contribution >= 0.6 is 0 Å². The third-order valence-electron chi connectivity index (χ3n) is 3.58. The van der Waals surface area contributed by atoms with Crippen LogP contribution in [0, 0.1) is 0 Å². The molecule has 0 spiro atoms. The molecule has 0 aliphatic carbocycles. The Hall–Kier alpha value is -2.71. The fourth-order valence-corrected chi connectivity index (χ4v) is 2.37. The standard InChI is InChI=1S/C15H14F3N5O/c16-15(17,18)11-9-12(23-7-3-13(24)20-6-8-23)22-14(21-11)10-1-4-19-5-2-10/h1-2,4-5,9H,3,6-8H2,(H,20,24). The van der Waals surface area contributed by atoms with E-state index >= 15 is 0 Å². The van der Waals surface area contributed by atoms with Crippen molar-refractivity contribution in [3.8, 4) is 11.4 Å². The number of hydrogen-bond donors (Lipinski definition) is 1. The molecule has 0 atom stereocenters. The minimum Gasteiger partial charge on any atom is -0.354 e. The number of halogens is 3. The number of hydrogen-bond acceptors (Lipinski definition) is 5. The number of rotatable bonds is 2. The first-order valence-corrected chi connectivity index (χ1v) is 7.32. The van der Waals surface area contributed by atoms with Crippen molar-refractivity contribution < 1.29 is 18.0 Å². The molecule has 0 unspecified atom stereocenters. The highest BCUT2D eigenvalue weighted by atomic mass is 19.4. The Morgan fingerprint density at radius 3 is 2.58 bits per heavy atom. The molecule has 1 saturated heterocycles. The van der Waals surface area contributed by atoms with Crippen molar-refractivity contribution in [3.05, 3.63) is 36.3 Å². The summed E-state index contributed by atoms with van der Waals surface area (Å²) < 4.78 is 39.6. The number of nitrogens with one attached hydrogen (secondary N) is 1. The average Bonchev–Trinajstić information content (AvgIpc) is 2.79. The number of pyridine rings is 1. The summed E-state index contributed by atoms with van der Waals surface area (Å²) in [6.07, 6.45) is -1.45. The topological polar surface area (TPSA) is 71.0 Å². The van der Waals surface area contributed by atoms with Gasteiger partial charge in [-0.2, -0.15) is 13.2 Å². The lowest BCUT2D eigenvalue weighted by Crippen LogP contribution is -2.29. The van der Waals surface area contributed by atoms with Gasteiger partial charge >= 0.3 is 6.18 Å². The molecule has 1 N–H and O–H groups in total. The molecule has 3 heterocycles. The number of carbonyl (C=O) groups is 1. The highest BCUT2D eigenvalue weighted by Crippen LogP contribution is 2.31. The summed E-state index contributed by atoms with van der Waals surface area (Å²) >= 11 is 0. The van der Waals surface area contributed by atoms with Gasteiger partial charge < -0.3 is 10.2 Å². The van der Waals surface area contributed by atoms with E-state index in [4.69, 9.17) is 0 Å². The summed E-state index contributed by atoms with van der Waals surface area (Å²) in [4.78, 5) is 24.8. The van der Waals surface area contributed by atoms with Crippen molar-refractivity contribution in [1.82, 2.24) is 20.3 Å². The lowest BCUT2D eigenvalue weighted by Gasteiger charge is -2.22. The van der Waals surface area contributed by atoms with Crippen molar-refractivity contribution in [2.45, 2.75) is 12.6 Å². The molecule has 126 valence electrons. The first-order valence-electron chi connectivity index (χ1n) is 7.32. The van der Waals surface area contributed by atoms with E-state index in [9.17, 15) is 18.0 Å². The molecule has 2 aromatic rings. The fourth-order valence-electron chi connectivity index (χ4n) is 2.37. The quantitative estimate of drug-likeness (QED) is 0.906. The van der Waals surface area contributed by atoms with Crippen LogP contribution in [0.15, 0.2) is 30.6 Å². The summed E-state index contributed by atoms with van der Waals surface area (Å²) in [6, 6.07) is 4.01. The third-order valence-corrected chi connectivity index (χ3v) is 3.58. The van der Waals surface area contributed by atoms with Crippen LogP contribution in [0.4, 0.5) is 19.0 Å². The monoisotopic (exact) mass is 337 g/mol. The van der Waals surface area contributed by atoms with Gasteiger partial charge in [-0.15, -0.1) is 0 Å². The van der Waals surface area contributed by atoms with Gasteiger partial charge in [0.25, 0.3) is 0 Å². The van der Waals surface area contributed by atoms with E-state index in [0.29, 0.717) is 25.2 Å². The van der Waals surface area contributed by atoms with E-state index in [1.165, 1.54) is 12.4 Å². The first kappa shape index (κ1) is 16.2. The normalized spacial score (nSPS) is 15.8. The first-order chi connectivity index (χ1) is 11.4. The lowest BCUT2D eigenvalue weighted by molar-refractivity contribution is -0.141. The van der Waals surface area contributed by atoms with E-state index in [1.807, 2.05) is 0 Å². The summed E-state index contributed by atoms with van der Waals surface area (Å²) in [7, 11) is 0. The Labute approximate surface area is 135 Å². The van der Waals surface area contributed by atoms with Gasteiger partial charge in [-0.05, 0) is 12.1 Å². The molecular formula is C15H14F3N5O. The van der Waals surface area contributed by atoms with Crippen LogP contribution in [0.2, 0.25) is 0 Å². The number of alkyl halides is 3. The predicted molar refractivity (Wildman–Crippen MR) is 80.1 cm³/mol. The average molecular weight is 337 g/mol. The molecule has 24 heavy (non-hydrogen) atoms. The molecule has 1 fully saturated rings. The summed E-state index contributed by atoms with van der Waals surface area (Å²) in [6.45, 7) is 1.04. The molecule has 1 aliphatic rings. The SMILES string of the molecule is O=C1CCN(c2cc(C(F)(F)F)nc(-c3ccncc3)n2)CCN1. The smallest absolute Gasteiger partial charge is 0.354 e. The number of carbonyl (C=O) groups excluding carboxylic acids is 1. The van der Waals surface area contributed by atoms with Crippen molar-refractivity contribution in [3.63, 3.8) is 0 Å².